The minimum atomic E-state index is -3.93. The van der Waals surface area contributed by atoms with Crippen molar-refractivity contribution in [3.8, 4) is 0 Å². The van der Waals surface area contributed by atoms with Crippen molar-refractivity contribution < 1.29 is 26.4 Å². The van der Waals surface area contributed by atoms with Crippen molar-refractivity contribution in [1.82, 2.24) is 4.90 Å². The molecule has 1 fully saturated rings. The lowest BCUT2D eigenvalue weighted by Crippen LogP contribution is -2.62. The Labute approximate surface area is 149 Å². The van der Waals surface area contributed by atoms with Crippen LogP contribution in [0, 0.1) is 11.6 Å². The third-order valence-electron chi connectivity index (χ3n) is 4.33. The van der Waals surface area contributed by atoms with Crippen molar-refractivity contribution in [2.45, 2.75) is 16.6 Å². The Morgan fingerprint density at radius 2 is 1.50 bits per heavy atom. The molecule has 3 rings (SSSR count). The first-order chi connectivity index (χ1) is 12.2. The van der Waals surface area contributed by atoms with Crippen molar-refractivity contribution >= 4 is 16.1 Å². The number of hydrogen-bond donors (Lipinski definition) is 0. The number of sulfone groups is 1. The molecule has 2 aromatic rings. The molecule has 8 heteroatoms. The number of likely N-dealkylation sites (tertiary alicyclic amines) is 1. The Morgan fingerprint density at radius 1 is 1.00 bits per heavy atom. The monoisotopic (exact) mass is 383 g/mol. The second-order valence-corrected chi connectivity index (χ2v) is 8.39. The van der Waals surface area contributed by atoms with Crippen molar-refractivity contribution in [2.24, 2.45) is 0 Å². The second-order valence-electron chi connectivity index (χ2n) is 6.40. The van der Waals surface area contributed by atoms with Crippen LogP contribution in [0.4, 0.5) is 13.2 Å². The quantitative estimate of drug-likeness (QED) is 0.569. The van der Waals surface area contributed by atoms with E-state index in [0.29, 0.717) is 11.8 Å². The standard InChI is InChI=1S/C18H16F3NO3S/c19-14-3-1-13(2-4-14)17(9-23)22-10-18(21,11-22)12-26(24,25)16-7-5-15(20)6-8-16/h1-9,17H,10-12H2. The SMILES string of the molecule is O=CC(c1ccc(F)cc1)N1CC(F)(CS(=O)(=O)c2ccc(F)cc2)C1. The average molecular weight is 383 g/mol. The van der Waals surface area contributed by atoms with Crippen molar-refractivity contribution in [3.63, 3.8) is 0 Å². The molecule has 1 unspecified atom stereocenters. The van der Waals surface area contributed by atoms with Gasteiger partial charge in [0.2, 0.25) is 0 Å². The summed E-state index contributed by atoms with van der Waals surface area (Å²) in [5.74, 6) is -1.79. The number of carbonyl (C=O) groups excluding carboxylic acids is 1. The van der Waals surface area contributed by atoms with Crippen LogP contribution in [0.15, 0.2) is 53.4 Å². The number of nitrogens with zero attached hydrogens (tertiary/aromatic N) is 1. The molecule has 0 bridgehead atoms. The molecule has 26 heavy (non-hydrogen) atoms. The predicted octanol–water partition coefficient (Wildman–Crippen LogP) is 2.70. The van der Waals surface area contributed by atoms with Gasteiger partial charge in [0, 0.05) is 13.1 Å². The number of aldehydes is 1. The van der Waals surface area contributed by atoms with E-state index in [0.717, 1.165) is 24.3 Å². The minimum absolute atomic E-state index is 0.153. The van der Waals surface area contributed by atoms with Crippen molar-refractivity contribution in [2.75, 3.05) is 18.8 Å². The number of benzene rings is 2. The van der Waals surface area contributed by atoms with Crippen LogP contribution >= 0.6 is 0 Å². The normalized spacial score (nSPS) is 18.1. The summed E-state index contributed by atoms with van der Waals surface area (Å²) in [6.07, 6.45) is 0.612. The Kier molecular flexibility index (Phi) is 4.90. The van der Waals surface area contributed by atoms with Gasteiger partial charge in [0.05, 0.1) is 16.7 Å². The predicted molar refractivity (Wildman–Crippen MR) is 89.1 cm³/mol. The van der Waals surface area contributed by atoms with Crippen LogP contribution in [0.3, 0.4) is 0 Å². The van der Waals surface area contributed by atoms with Crippen LogP contribution in [-0.2, 0) is 14.6 Å². The maximum atomic E-state index is 14.8. The van der Waals surface area contributed by atoms with Gasteiger partial charge in [-0.15, -0.1) is 0 Å². The molecule has 0 saturated carbocycles. The zero-order valence-electron chi connectivity index (χ0n) is 13.6. The van der Waals surface area contributed by atoms with Gasteiger partial charge in [-0.05, 0) is 42.0 Å². The third-order valence-corrected chi connectivity index (χ3v) is 6.22. The first-order valence-corrected chi connectivity index (χ1v) is 9.50. The van der Waals surface area contributed by atoms with Crippen LogP contribution in [-0.4, -0.2) is 44.1 Å². The van der Waals surface area contributed by atoms with Gasteiger partial charge in [0.15, 0.2) is 15.5 Å². The van der Waals surface area contributed by atoms with Gasteiger partial charge in [-0.1, -0.05) is 12.1 Å². The molecule has 1 atom stereocenters. The molecule has 0 aliphatic carbocycles. The van der Waals surface area contributed by atoms with Gasteiger partial charge < -0.3 is 4.79 Å². The van der Waals surface area contributed by atoms with Gasteiger partial charge >= 0.3 is 0 Å². The van der Waals surface area contributed by atoms with E-state index in [1.54, 1.807) is 0 Å². The fraction of sp³-hybridized carbons (Fsp3) is 0.278. The average Bonchev–Trinajstić information content (AvgIpc) is 2.55. The highest BCUT2D eigenvalue weighted by Gasteiger charge is 2.49. The lowest BCUT2D eigenvalue weighted by Gasteiger charge is -2.46. The van der Waals surface area contributed by atoms with E-state index in [1.807, 2.05) is 0 Å². The molecule has 0 N–H and O–H groups in total. The summed E-state index contributed by atoms with van der Waals surface area (Å²) in [4.78, 5) is 12.7. The Bertz CT molecular complexity index is 892. The summed E-state index contributed by atoms with van der Waals surface area (Å²) in [5, 5.41) is 0. The third kappa shape index (κ3) is 3.81. The molecule has 138 valence electrons. The van der Waals surface area contributed by atoms with Gasteiger partial charge in [-0.2, -0.15) is 0 Å². The highest BCUT2D eigenvalue weighted by Crippen LogP contribution is 2.35. The number of alkyl halides is 1. The summed E-state index contributed by atoms with van der Waals surface area (Å²) in [6.45, 7) is -0.484. The summed E-state index contributed by atoms with van der Waals surface area (Å²) in [7, 11) is -3.93. The van der Waals surface area contributed by atoms with Gasteiger partial charge in [0.1, 0.15) is 17.9 Å². The molecule has 1 aliphatic heterocycles. The van der Waals surface area contributed by atoms with Crippen LogP contribution in [0.2, 0.25) is 0 Å². The van der Waals surface area contributed by atoms with E-state index in [2.05, 4.69) is 0 Å². The molecule has 0 radical (unpaired) electrons. The fourth-order valence-electron chi connectivity index (χ4n) is 3.07. The molecule has 1 saturated heterocycles. The van der Waals surface area contributed by atoms with Gasteiger partial charge in [-0.25, -0.2) is 21.6 Å². The van der Waals surface area contributed by atoms with Crippen LogP contribution < -0.4 is 0 Å². The molecule has 1 heterocycles. The molecule has 4 nitrogen and oxygen atoms in total. The molecule has 0 amide bonds. The molecule has 0 aromatic heterocycles. The zero-order valence-corrected chi connectivity index (χ0v) is 14.4. The largest absolute Gasteiger partial charge is 0.301 e. The first kappa shape index (κ1) is 18.6. The van der Waals surface area contributed by atoms with Crippen LogP contribution in [0.5, 0.6) is 0 Å². The van der Waals surface area contributed by atoms with Gasteiger partial charge in [0.25, 0.3) is 0 Å². The smallest absolute Gasteiger partial charge is 0.181 e. The van der Waals surface area contributed by atoms with E-state index in [4.69, 9.17) is 0 Å². The van der Waals surface area contributed by atoms with Crippen LogP contribution in [0.1, 0.15) is 11.6 Å². The topological polar surface area (TPSA) is 54.5 Å². The molecule has 2 aromatic carbocycles. The van der Waals surface area contributed by atoms with Crippen molar-refractivity contribution in [3.05, 3.63) is 65.7 Å². The van der Waals surface area contributed by atoms with E-state index < -0.39 is 38.9 Å². The maximum absolute atomic E-state index is 14.8. The number of carbonyl (C=O) groups is 1. The Morgan fingerprint density at radius 3 is 2.00 bits per heavy atom. The fourth-order valence-corrected chi connectivity index (χ4v) is 4.65. The lowest BCUT2D eigenvalue weighted by atomic mass is 9.94. The highest BCUT2D eigenvalue weighted by atomic mass is 32.2. The van der Waals surface area contributed by atoms with Crippen LogP contribution in [0.25, 0.3) is 0 Å². The molecular weight excluding hydrogens is 367 g/mol. The maximum Gasteiger partial charge on any atom is 0.181 e. The molecular formula is C18H16F3NO3S. The summed E-state index contributed by atoms with van der Waals surface area (Å²) < 4.78 is 65.4. The highest BCUT2D eigenvalue weighted by molar-refractivity contribution is 7.91. The van der Waals surface area contributed by atoms with Gasteiger partial charge in [-0.3, -0.25) is 4.90 Å². The summed E-state index contributed by atoms with van der Waals surface area (Å²) in [5.41, 5.74) is -1.50. The summed E-state index contributed by atoms with van der Waals surface area (Å²) in [6, 6.07) is 8.69. The second kappa shape index (κ2) is 6.85. The zero-order chi connectivity index (χ0) is 18.9. The van der Waals surface area contributed by atoms with E-state index in [9.17, 15) is 26.4 Å². The Balaban J connectivity index is 1.69. The lowest BCUT2D eigenvalue weighted by molar-refractivity contribution is -0.119. The number of rotatable bonds is 6. The van der Waals surface area contributed by atoms with E-state index in [-0.39, 0.29) is 18.0 Å². The minimum Gasteiger partial charge on any atom is -0.301 e. The molecule has 0 spiro atoms. The van der Waals surface area contributed by atoms with Crippen molar-refractivity contribution in [1.29, 1.82) is 0 Å². The van der Waals surface area contributed by atoms with E-state index in [1.165, 1.54) is 29.2 Å². The first-order valence-electron chi connectivity index (χ1n) is 7.84. The summed E-state index contributed by atoms with van der Waals surface area (Å²) >= 11 is 0. The Hall–Kier alpha value is -2.19. The number of hydrogen-bond acceptors (Lipinski definition) is 4. The molecule has 1 aliphatic rings. The van der Waals surface area contributed by atoms with E-state index >= 15 is 0 Å². The number of halogens is 3.